The van der Waals surface area contributed by atoms with E-state index in [1.807, 2.05) is 165 Å². The Morgan fingerprint density at radius 2 is 0.957 bits per heavy atom. The van der Waals surface area contributed by atoms with Crippen molar-refractivity contribution in [3.8, 4) is 51.0 Å². The van der Waals surface area contributed by atoms with Gasteiger partial charge in [-0.1, -0.05) is 103 Å². The van der Waals surface area contributed by atoms with E-state index in [2.05, 4.69) is 16.0 Å². The third kappa shape index (κ3) is 17.3. The second-order valence-corrected chi connectivity index (χ2v) is 29.4. The number of ether oxygens (including phenoxy) is 4. The number of likely N-dealkylation sites (tertiary alicyclic amines) is 1. The summed E-state index contributed by atoms with van der Waals surface area (Å²) in [4.78, 5) is 98.3. The molecule has 1 saturated heterocycles. The number of aliphatic hydroxyl groups excluding tert-OH is 1. The fourth-order valence-corrected chi connectivity index (χ4v) is 15.4. The van der Waals surface area contributed by atoms with Gasteiger partial charge < -0.3 is 34.7 Å². The van der Waals surface area contributed by atoms with Crippen LogP contribution in [0.5, 0.6) is 17.2 Å². The number of hydrogen-bond acceptors (Lipinski definition) is 19. The van der Waals surface area contributed by atoms with Crippen LogP contribution in [0.3, 0.4) is 0 Å². The van der Waals surface area contributed by atoms with E-state index >= 15 is 4.39 Å². The summed E-state index contributed by atoms with van der Waals surface area (Å²) in [7, 11) is 0. The summed E-state index contributed by atoms with van der Waals surface area (Å²) in [6, 6.07) is 61.6. The highest BCUT2D eigenvalue weighted by atomic mass is 19.1. The van der Waals surface area contributed by atoms with Crippen LogP contribution >= 0.6 is 0 Å². The van der Waals surface area contributed by atoms with Gasteiger partial charge in [-0.2, -0.15) is 0 Å². The predicted octanol–water partition coefficient (Wildman–Crippen LogP) is 12.6. The molecule has 3 saturated carbocycles. The van der Waals surface area contributed by atoms with Gasteiger partial charge in [-0.05, 0) is 179 Å². The summed E-state index contributed by atoms with van der Waals surface area (Å²) >= 11 is 0. The minimum absolute atomic E-state index is 0.0520. The number of pyridine rings is 5. The van der Waals surface area contributed by atoms with Crippen molar-refractivity contribution in [2.24, 2.45) is 39.7 Å². The smallest absolute Gasteiger partial charge is 0.313 e. The fraction of sp³-hybridized carbons (Fsp3) is 0.247. The van der Waals surface area contributed by atoms with Crippen molar-refractivity contribution in [1.29, 1.82) is 0 Å². The number of para-hydroxylation sites is 2. The first-order valence-electron chi connectivity index (χ1n) is 37.6. The van der Waals surface area contributed by atoms with Gasteiger partial charge in [-0.25, -0.2) is 40.2 Å². The van der Waals surface area contributed by atoms with Crippen LogP contribution < -0.4 is 36.4 Å². The highest BCUT2D eigenvalue weighted by Gasteiger charge is 2.66. The van der Waals surface area contributed by atoms with Gasteiger partial charge in [-0.3, -0.25) is 54.4 Å². The summed E-state index contributed by atoms with van der Waals surface area (Å²) in [5, 5.41) is 39.8. The molecule has 4 fully saturated rings. The van der Waals surface area contributed by atoms with Gasteiger partial charge in [0.2, 0.25) is 29.5 Å². The lowest BCUT2D eigenvalue weighted by Gasteiger charge is -2.24. The molecular formula is C89H82F2N10O14. The molecule has 9 N–H and O–H groups in total. The van der Waals surface area contributed by atoms with Crippen LogP contribution in [0.15, 0.2) is 225 Å². The van der Waals surface area contributed by atoms with E-state index in [4.69, 9.17) is 50.0 Å². The van der Waals surface area contributed by atoms with Crippen molar-refractivity contribution in [3.05, 3.63) is 276 Å². The molecule has 7 atom stereocenters. The number of hydroxylamine groups is 3. The molecule has 115 heavy (non-hydrogen) atoms. The molecule has 6 heterocycles. The number of β-amino-alcohol motifs (C(OH)–C–C–N with tert-alkyl or cyclic N) is 1. The molecule has 24 nitrogen and oxygen atoms in total. The molecule has 0 radical (unpaired) electrons. The lowest BCUT2D eigenvalue weighted by molar-refractivity contribution is -0.152. The first kappa shape index (κ1) is 78.7. The Balaban J connectivity index is 0.000000143. The molecule has 12 aromatic rings. The van der Waals surface area contributed by atoms with Gasteiger partial charge >= 0.3 is 5.97 Å². The Kier molecular flexibility index (Phi) is 23.3. The zero-order chi connectivity index (χ0) is 80.5. The van der Waals surface area contributed by atoms with Crippen LogP contribution in [-0.2, 0) is 72.6 Å². The SMILES string of the molecule is CCOC(=O)[C@@]1(Cc2ccc(OCc3cc(-c4cccnc4)nc4ccc(C)cc34)c(F)c2)C[C@@H]1C(=O)NO.NC(=O)[C@@]1(Cc2ccc(OCc3cc(-c4cccnc4)nc4ccccc34)c(F)c2)C[C@@H]1C(=O)NO.O=C(NO)[C@H]1C[C@]1(Cc1ccc(OCc2cc(-c3ccccc3)nc3ccccc23)cc1)C(=O)N1CC[C@@H](O)C1. The molecular weight excluding hydrogens is 1470 g/mol. The highest BCUT2D eigenvalue weighted by molar-refractivity contribution is 5.97. The average Bonchev–Trinajstić information content (AvgIpc) is 1.58. The van der Waals surface area contributed by atoms with Gasteiger partial charge in [0, 0.05) is 87.4 Å². The molecule has 3 aliphatic carbocycles. The highest BCUT2D eigenvalue weighted by Crippen LogP contribution is 2.58. The summed E-state index contributed by atoms with van der Waals surface area (Å²) in [5.74, 6) is -5.69. The number of carbonyl (C=O) groups excluding carboxylic acids is 6. The number of aromatic nitrogens is 5. The van der Waals surface area contributed by atoms with Gasteiger partial charge in [-0.15, -0.1) is 0 Å². The number of carbonyl (C=O) groups is 6. The predicted molar refractivity (Wildman–Crippen MR) is 420 cm³/mol. The quantitative estimate of drug-likeness (QED) is 0.0150. The molecule has 5 amide bonds. The molecule has 16 rings (SSSR count). The Morgan fingerprint density at radius 1 is 0.504 bits per heavy atom. The number of halogens is 2. The fourth-order valence-electron chi connectivity index (χ4n) is 15.4. The molecule has 1 aliphatic heterocycles. The van der Waals surface area contributed by atoms with Crippen molar-refractivity contribution in [2.75, 3.05) is 19.7 Å². The largest absolute Gasteiger partial charge is 0.489 e. The third-order valence-electron chi connectivity index (χ3n) is 21.8. The maximum atomic E-state index is 15.2. The number of hydrogen-bond donors (Lipinski definition) is 8. The minimum Gasteiger partial charge on any atom is -0.489 e. The second kappa shape index (κ2) is 34.1. The third-order valence-corrected chi connectivity index (χ3v) is 21.8. The Labute approximate surface area is 659 Å². The molecule has 0 unspecified atom stereocenters. The number of nitrogens with one attached hydrogen (secondary N) is 3. The molecule has 4 aliphatic rings. The molecule has 586 valence electrons. The van der Waals surface area contributed by atoms with Crippen molar-refractivity contribution in [2.45, 2.75) is 84.7 Å². The lowest BCUT2D eigenvalue weighted by Crippen LogP contribution is -2.40. The summed E-state index contributed by atoms with van der Waals surface area (Å²) in [6.07, 6.45) is 8.18. The number of aryl methyl sites for hydroxylation is 1. The number of rotatable bonds is 25. The summed E-state index contributed by atoms with van der Waals surface area (Å²) in [5.41, 5.74) is 20.5. The molecule has 0 spiro atoms. The maximum absolute atomic E-state index is 15.2. The number of esters is 1. The summed E-state index contributed by atoms with van der Waals surface area (Å²) < 4.78 is 53.2. The van der Waals surface area contributed by atoms with E-state index in [-0.39, 0.29) is 69.5 Å². The van der Waals surface area contributed by atoms with Crippen LogP contribution in [0, 0.1) is 52.6 Å². The number of fused-ring (bicyclic) bond motifs is 3. The average molecular weight is 1550 g/mol. The molecule has 7 aromatic carbocycles. The van der Waals surface area contributed by atoms with Crippen LogP contribution in [-0.4, -0.2) is 112 Å². The zero-order valence-electron chi connectivity index (χ0n) is 62.8. The zero-order valence-corrected chi connectivity index (χ0v) is 62.8. The normalized spacial score (nSPS) is 19.5. The van der Waals surface area contributed by atoms with Gasteiger partial charge in [0.15, 0.2) is 23.1 Å². The van der Waals surface area contributed by atoms with Gasteiger partial charge in [0.05, 0.1) is 80.3 Å². The van der Waals surface area contributed by atoms with E-state index in [9.17, 15) is 43.5 Å². The lowest BCUT2D eigenvalue weighted by atomic mass is 9.92. The van der Waals surface area contributed by atoms with E-state index in [0.717, 1.165) is 94.3 Å². The van der Waals surface area contributed by atoms with Crippen LogP contribution in [0.25, 0.3) is 66.5 Å². The van der Waals surface area contributed by atoms with Gasteiger partial charge in [0.25, 0.3) is 0 Å². The number of amides is 5. The minimum atomic E-state index is -1.14. The van der Waals surface area contributed by atoms with E-state index in [1.165, 1.54) is 24.3 Å². The number of nitrogens with zero attached hydrogens (tertiary/aromatic N) is 6. The second-order valence-electron chi connectivity index (χ2n) is 29.4. The van der Waals surface area contributed by atoms with Crippen LogP contribution in [0.4, 0.5) is 8.78 Å². The Morgan fingerprint density at radius 3 is 1.46 bits per heavy atom. The van der Waals surface area contributed by atoms with Crippen molar-refractivity contribution < 1.29 is 77.2 Å². The first-order chi connectivity index (χ1) is 55.7. The maximum Gasteiger partial charge on any atom is 0.313 e. The molecule has 5 aromatic heterocycles. The van der Waals surface area contributed by atoms with E-state index in [0.29, 0.717) is 49.3 Å². The number of aliphatic hydroxyl groups is 1. The van der Waals surface area contributed by atoms with Gasteiger partial charge in [0.1, 0.15) is 25.6 Å². The topological polar surface area (TPSA) is 350 Å². The van der Waals surface area contributed by atoms with Crippen LogP contribution in [0.1, 0.15) is 71.6 Å². The van der Waals surface area contributed by atoms with Crippen molar-refractivity contribution in [3.63, 3.8) is 0 Å². The van der Waals surface area contributed by atoms with Crippen LogP contribution in [0.2, 0.25) is 0 Å². The standard InChI is InChI=1S/C32H31N3O5.C30H28FN3O5.C27H23FN4O4/c36-24-14-15-35(19-24)31(38)32(18-27(32)30(37)34-39)17-21-10-12-25(13-11-21)40-20-23-16-29(22-6-2-1-3-7-22)33-28-9-5-4-8-26(23)28;1-3-38-29(36)30(15-23(30)28(35)34-37)14-19-7-9-27(24(31)12-19)39-17-21-13-26(20-5-4-10-32-16-20)33-25-8-6-18(2)11-22(21)25;28-21-10-16(12-27(26(29)34)13-20(27)25(33)32-35)7-8-24(21)36-15-18-11-23(17-4-3-9-30-14-17)31-22-6-2-1-5-19(18)22/h1-13,16,24,27,36,39H,14-15,17-20H2,(H,34,37);4-13,16,23,37H,3,14-15,17H2,1-2H3,(H,34,35);1-11,14,20,35H,12-13,15H2,(H2,29,34)(H,32,33)/t24-,27-,32+;23-,30+;20-,27+/m111/s1. The number of benzene rings is 7. The molecule has 26 heteroatoms. The van der Waals surface area contributed by atoms with Crippen molar-refractivity contribution >= 4 is 68.2 Å². The molecule has 0 bridgehead atoms. The Hall–Kier alpha value is -13.0. The summed E-state index contributed by atoms with van der Waals surface area (Å²) in [6.45, 7) is 5.15. The van der Waals surface area contributed by atoms with E-state index in [1.54, 1.807) is 65.2 Å². The first-order valence-corrected chi connectivity index (χ1v) is 37.6. The Bertz CT molecular complexity index is 5640. The number of nitrogens with two attached hydrogens (primary N) is 1. The van der Waals surface area contributed by atoms with Crippen molar-refractivity contribution in [1.82, 2.24) is 46.3 Å². The monoisotopic (exact) mass is 1550 g/mol. The number of primary amides is 1. The van der Waals surface area contributed by atoms with E-state index < -0.39 is 81.3 Å².